The molecule has 2 aliphatic heterocycles. The minimum Gasteiger partial charge on any atom is -0.381 e. The monoisotopic (exact) mass is 719 g/mol. The topological polar surface area (TPSA) is 141 Å². The summed E-state index contributed by atoms with van der Waals surface area (Å²) < 4.78 is 28.5. The van der Waals surface area contributed by atoms with Gasteiger partial charge < -0.3 is 19.7 Å². The Labute approximate surface area is 284 Å². The molecule has 5 heterocycles. The van der Waals surface area contributed by atoms with E-state index in [4.69, 9.17) is 9.47 Å². The SMILES string of the molecule is CC(=O)c1nn(CC(=O)N2C3C[C@@]34COCCCCOCc3ccc(Br)nc3NC(=O)[C@@H]2C4)c2c(CF)cc(-c3cnc(C)nc3)cc12. The van der Waals surface area contributed by atoms with Gasteiger partial charge in [-0.15, -0.1) is 0 Å². The molecule has 0 radical (unpaired) electrons. The van der Waals surface area contributed by atoms with Crippen molar-refractivity contribution < 1.29 is 28.2 Å². The van der Waals surface area contributed by atoms with E-state index in [0.29, 0.717) is 70.9 Å². The number of carbonyl (C=O) groups is 3. The van der Waals surface area contributed by atoms with Crippen LogP contribution in [0.1, 0.15) is 60.0 Å². The Hall–Kier alpha value is -4.14. The van der Waals surface area contributed by atoms with Gasteiger partial charge in [-0.3, -0.25) is 19.1 Å². The fourth-order valence-electron chi connectivity index (χ4n) is 6.97. The van der Waals surface area contributed by atoms with Gasteiger partial charge in [-0.1, -0.05) is 6.07 Å². The minimum atomic E-state index is -0.849. The summed E-state index contributed by atoms with van der Waals surface area (Å²) in [5.41, 5.74) is 2.44. The number of rotatable bonds is 5. The van der Waals surface area contributed by atoms with Crippen LogP contribution in [0.25, 0.3) is 22.0 Å². The second-order valence-corrected chi connectivity index (χ2v) is 13.6. The summed E-state index contributed by atoms with van der Waals surface area (Å²) in [6, 6.07) is 6.07. The Morgan fingerprint density at radius 1 is 1.10 bits per heavy atom. The third-order valence-electron chi connectivity index (χ3n) is 9.47. The van der Waals surface area contributed by atoms with E-state index in [-0.39, 0.29) is 53.5 Å². The summed E-state index contributed by atoms with van der Waals surface area (Å²) >= 11 is 3.39. The van der Waals surface area contributed by atoms with E-state index in [9.17, 15) is 18.8 Å². The first-order valence-electron chi connectivity index (χ1n) is 16.0. The number of anilines is 1. The molecule has 1 aromatic carbocycles. The number of hydrogen-bond donors (Lipinski definition) is 1. The maximum Gasteiger partial charge on any atom is 0.248 e. The number of hydrogen-bond acceptors (Lipinski definition) is 9. The summed E-state index contributed by atoms with van der Waals surface area (Å²) in [6.45, 7) is 3.85. The Kier molecular flexibility index (Phi) is 8.81. The first-order chi connectivity index (χ1) is 23.2. The lowest BCUT2D eigenvalue weighted by Crippen LogP contribution is -2.47. The quantitative estimate of drug-likeness (QED) is 0.224. The lowest BCUT2D eigenvalue weighted by molar-refractivity contribution is -0.138. The zero-order chi connectivity index (χ0) is 33.6. The average Bonchev–Trinajstić information content (AvgIpc) is 3.47. The van der Waals surface area contributed by atoms with Gasteiger partial charge in [-0.2, -0.15) is 5.10 Å². The highest BCUT2D eigenvalue weighted by Gasteiger charge is 2.67. The third-order valence-corrected chi connectivity index (χ3v) is 9.91. The number of ketones is 1. The fourth-order valence-corrected chi connectivity index (χ4v) is 7.28. The number of nitrogens with zero attached hydrogens (tertiary/aromatic N) is 6. The summed E-state index contributed by atoms with van der Waals surface area (Å²) in [6.07, 6.45) is 6.09. The van der Waals surface area contributed by atoms with Gasteiger partial charge in [0.25, 0.3) is 0 Å². The molecule has 1 saturated heterocycles. The molecule has 4 aromatic rings. The molecule has 1 N–H and O–H groups in total. The van der Waals surface area contributed by atoms with Crippen LogP contribution in [0.4, 0.5) is 10.2 Å². The molecule has 1 aliphatic carbocycles. The molecule has 250 valence electrons. The highest BCUT2D eigenvalue weighted by Crippen LogP contribution is 2.60. The fraction of sp³-hybridized carbons (Fsp3) is 0.441. The molecule has 3 atom stereocenters. The van der Waals surface area contributed by atoms with Crippen LogP contribution in [0.2, 0.25) is 0 Å². The number of pyridine rings is 1. The predicted molar refractivity (Wildman–Crippen MR) is 177 cm³/mol. The van der Waals surface area contributed by atoms with Crippen molar-refractivity contribution in [3.8, 4) is 11.1 Å². The van der Waals surface area contributed by atoms with Crippen molar-refractivity contribution in [3.05, 3.63) is 63.9 Å². The molecule has 3 aliphatic rings. The summed E-state index contributed by atoms with van der Waals surface area (Å²) in [5, 5.41) is 7.92. The van der Waals surface area contributed by atoms with Gasteiger partial charge in [-0.25, -0.2) is 19.3 Å². The Morgan fingerprint density at radius 2 is 1.88 bits per heavy atom. The number of carbonyl (C=O) groups excluding carboxylic acids is 3. The highest BCUT2D eigenvalue weighted by atomic mass is 79.9. The van der Waals surface area contributed by atoms with Crippen molar-refractivity contribution in [2.75, 3.05) is 25.1 Å². The molecule has 48 heavy (non-hydrogen) atoms. The third kappa shape index (κ3) is 6.12. The molecule has 2 fully saturated rings. The van der Waals surface area contributed by atoms with Crippen LogP contribution in [0.3, 0.4) is 0 Å². The molecular weight excluding hydrogens is 685 g/mol. The number of aromatic nitrogens is 5. The van der Waals surface area contributed by atoms with Gasteiger partial charge in [0.05, 0.1) is 18.7 Å². The molecule has 7 rings (SSSR count). The van der Waals surface area contributed by atoms with E-state index < -0.39 is 12.7 Å². The van der Waals surface area contributed by atoms with E-state index in [0.717, 1.165) is 18.4 Å². The van der Waals surface area contributed by atoms with Crippen LogP contribution in [0.5, 0.6) is 0 Å². The largest absolute Gasteiger partial charge is 0.381 e. The molecule has 2 amide bonds. The van der Waals surface area contributed by atoms with Crippen LogP contribution in [-0.4, -0.2) is 79.1 Å². The summed E-state index contributed by atoms with van der Waals surface area (Å²) in [4.78, 5) is 55.6. The van der Waals surface area contributed by atoms with Crippen molar-refractivity contribution in [1.29, 1.82) is 0 Å². The van der Waals surface area contributed by atoms with Gasteiger partial charge in [0.2, 0.25) is 11.8 Å². The molecular formula is C34H35BrFN7O5. The Balaban J connectivity index is 1.23. The number of amides is 2. The maximum absolute atomic E-state index is 14.7. The number of benzene rings is 1. The molecule has 3 aromatic heterocycles. The second kappa shape index (κ2) is 13.1. The molecule has 1 unspecified atom stereocenters. The summed E-state index contributed by atoms with van der Waals surface area (Å²) in [7, 11) is 0. The van der Waals surface area contributed by atoms with Crippen LogP contribution in [0, 0.1) is 12.3 Å². The number of ether oxygens (including phenoxy) is 2. The van der Waals surface area contributed by atoms with Gasteiger partial charge in [0, 0.05) is 66.1 Å². The zero-order valence-electron chi connectivity index (χ0n) is 26.7. The number of alkyl halides is 1. The van der Waals surface area contributed by atoms with Crippen LogP contribution in [-0.2, 0) is 38.9 Å². The van der Waals surface area contributed by atoms with Crippen LogP contribution < -0.4 is 5.32 Å². The van der Waals surface area contributed by atoms with E-state index in [2.05, 4.69) is 41.3 Å². The number of likely N-dealkylation sites (tertiary alicyclic amines) is 1. The minimum absolute atomic E-state index is 0.129. The predicted octanol–water partition coefficient (Wildman–Crippen LogP) is 4.96. The molecule has 1 spiro atoms. The standard InChI is InChI=1S/C34H35BrFN7O5/c1-19(44)30-25-10-22(24-14-37-20(2)38-15-24)9-23(13-36)31(25)42(41-30)16-29(45)43-26-11-34(12-27(34)43)18-48-8-4-3-7-47-17-21-5-6-28(35)39-32(21)40-33(26)46/h5-6,9-10,14-15,26-27H,3-4,7-8,11-13,16-18H2,1-2H3,(H,39,40,46)/t26-,27?,34-/m0/s1. The normalized spacial score (nSPS) is 22.8. The van der Waals surface area contributed by atoms with Crippen molar-refractivity contribution in [1.82, 2.24) is 29.6 Å². The molecule has 1 saturated carbocycles. The van der Waals surface area contributed by atoms with Gasteiger partial charge in [-0.05, 0) is 72.3 Å². The van der Waals surface area contributed by atoms with E-state index in [1.807, 2.05) is 6.07 Å². The average molecular weight is 721 g/mol. The number of Topliss-reactive ketones (excluding diaryl/α,β-unsaturated/α-hetero) is 1. The molecule has 14 heteroatoms. The van der Waals surface area contributed by atoms with Crippen LogP contribution in [0.15, 0.2) is 41.3 Å². The molecule has 12 nitrogen and oxygen atoms in total. The lowest BCUT2D eigenvalue weighted by atomic mass is 10.00. The zero-order valence-corrected chi connectivity index (χ0v) is 28.3. The van der Waals surface area contributed by atoms with Gasteiger partial charge in [0.1, 0.15) is 41.2 Å². The Morgan fingerprint density at radius 3 is 2.62 bits per heavy atom. The number of nitrogens with one attached hydrogen (secondary N) is 1. The van der Waals surface area contributed by atoms with Crippen molar-refractivity contribution >= 4 is 50.2 Å². The number of halogens is 2. The van der Waals surface area contributed by atoms with Crippen LogP contribution >= 0.6 is 15.9 Å². The van der Waals surface area contributed by atoms with Gasteiger partial charge >= 0.3 is 0 Å². The van der Waals surface area contributed by atoms with E-state index in [1.54, 1.807) is 42.4 Å². The van der Waals surface area contributed by atoms with E-state index in [1.165, 1.54) is 11.6 Å². The van der Waals surface area contributed by atoms with Crippen molar-refractivity contribution in [2.24, 2.45) is 5.41 Å². The Bertz CT molecular complexity index is 1920. The molecule has 2 bridgehead atoms. The second-order valence-electron chi connectivity index (χ2n) is 12.8. The van der Waals surface area contributed by atoms with E-state index >= 15 is 0 Å². The highest BCUT2D eigenvalue weighted by molar-refractivity contribution is 9.10. The first kappa shape index (κ1) is 32.4. The van der Waals surface area contributed by atoms with Crippen molar-refractivity contribution in [3.63, 3.8) is 0 Å². The maximum atomic E-state index is 14.7. The van der Waals surface area contributed by atoms with Gasteiger partial charge in [0.15, 0.2) is 5.78 Å². The number of fused-ring (bicyclic) bond motifs is 3. The number of aryl methyl sites for hydroxylation is 1. The number of piperidine rings is 1. The lowest BCUT2D eigenvalue weighted by Gasteiger charge is -2.27. The van der Waals surface area contributed by atoms with Crippen molar-refractivity contribution in [2.45, 2.75) is 71.4 Å². The smallest absolute Gasteiger partial charge is 0.248 e. The summed E-state index contributed by atoms with van der Waals surface area (Å²) in [5.74, 6) is -0.0703. The first-order valence-corrected chi connectivity index (χ1v) is 16.8.